The number of allylic oxidation sites excluding steroid dienone is 3. The zero-order valence-corrected chi connectivity index (χ0v) is 18.2. The number of nitrogens with one attached hydrogen (secondary N) is 1. The average Bonchev–Trinajstić information content (AvgIpc) is 3.18. The topological polar surface area (TPSA) is 61.9 Å². The summed E-state index contributed by atoms with van der Waals surface area (Å²) in [4.78, 5) is 4.50. The number of hydrogen-bond acceptors (Lipinski definition) is 4. The lowest BCUT2D eigenvalue weighted by atomic mass is 10.0. The summed E-state index contributed by atoms with van der Waals surface area (Å²) in [6, 6.07) is 18.0. The van der Waals surface area contributed by atoms with Crippen LogP contribution < -0.4 is 5.32 Å². The molecule has 4 rings (SSSR count). The Kier molecular flexibility index (Phi) is 5.60. The summed E-state index contributed by atoms with van der Waals surface area (Å²) >= 11 is 0. The van der Waals surface area contributed by atoms with Crippen molar-refractivity contribution in [1.29, 1.82) is 5.26 Å². The van der Waals surface area contributed by atoms with E-state index in [0.717, 1.165) is 33.3 Å². The normalized spacial score (nSPS) is 12.5. The Morgan fingerprint density at radius 3 is 2.55 bits per heavy atom. The molecule has 0 aliphatic rings. The second-order valence-electron chi connectivity index (χ2n) is 7.85. The quantitative estimate of drug-likeness (QED) is 0.349. The Balaban J connectivity index is 2.00. The van der Waals surface area contributed by atoms with Crippen molar-refractivity contribution in [3.8, 4) is 17.3 Å². The first kappa shape index (κ1) is 20.4. The van der Waals surface area contributed by atoms with Crippen LogP contribution in [-0.4, -0.2) is 4.98 Å². The van der Waals surface area contributed by atoms with Gasteiger partial charge in [0.25, 0.3) is 0 Å². The summed E-state index contributed by atoms with van der Waals surface area (Å²) in [6.45, 7) is 8.41. The number of nitriles is 1. The lowest BCUT2D eigenvalue weighted by molar-refractivity contribution is 0.670. The predicted octanol–water partition coefficient (Wildman–Crippen LogP) is 7.44. The van der Waals surface area contributed by atoms with Gasteiger partial charge >= 0.3 is 0 Å². The summed E-state index contributed by atoms with van der Waals surface area (Å²) in [7, 11) is 0. The highest BCUT2D eigenvalue weighted by Gasteiger charge is 2.18. The van der Waals surface area contributed by atoms with E-state index in [-0.39, 0.29) is 0 Å². The van der Waals surface area contributed by atoms with E-state index in [2.05, 4.69) is 37.1 Å². The summed E-state index contributed by atoms with van der Waals surface area (Å²) in [5.74, 6) is 0.370. The molecule has 0 radical (unpaired) electrons. The SMILES string of the molecule is C/C=C\C(Nc1c(C#N)ccc2c1oc1c(-c3ccccn3)cccc12)=C(\C)C(C)C. The molecule has 2 heterocycles. The van der Waals surface area contributed by atoms with Crippen molar-refractivity contribution in [1.82, 2.24) is 4.98 Å². The molecule has 4 heteroatoms. The first-order valence-electron chi connectivity index (χ1n) is 10.4. The van der Waals surface area contributed by atoms with E-state index < -0.39 is 0 Å². The van der Waals surface area contributed by atoms with Gasteiger partial charge in [-0.1, -0.05) is 38.1 Å². The number of furan rings is 1. The van der Waals surface area contributed by atoms with Gasteiger partial charge in [-0.3, -0.25) is 4.98 Å². The fourth-order valence-corrected chi connectivity index (χ4v) is 3.69. The second kappa shape index (κ2) is 8.49. The Morgan fingerprint density at radius 1 is 1.06 bits per heavy atom. The van der Waals surface area contributed by atoms with Crippen LogP contribution >= 0.6 is 0 Å². The maximum absolute atomic E-state index is 9.80. The van der Waals surface area contributed by atoms with Crippen LogP contribution in [0.3, 0.4) is 0 Å². The number of para-hydroxylation sites is 1. The third-order valence-electron chi connectivity index (χ3n) is 5.61. The van der Waals surface area contributed by atoms with Crippen LogP contribution in [0.15, 0.2) is 82.6 Å². The van der Waals surface area contributed by atoms with E-state index in [9.17, 15) is 5.26 Å². The zero-order chi connectivity index (χ0) is 22.0. The summed E-state index contributed by atoms with van der Waals surface area (Å²) in [6.07, 6.45) is 5.82. The van der Waals surface area contributed by atoms with Gasteiger partial charge in [-0.25, -0.2) is 0 Å². The van der Waals surface area contributed by atoms with Gasteiger partial charge in [0, 0.05) is 28.2 Å². The van der Waals surface area contributed by atoms with Crippen molar-refractivity contribution < 1.29 is 4.42 Å². The molecule has 0 fully saturated rings. The van der Waals surface area contributed by atoms with Gasteiger partial charge in [-0.15, -0.1) is 0 Å². The van der Waals surface area contributed by atoms with Gasteiger partial charge in [0.05, 0.1) is 11.3 Å². The van der Waals surface area contributed by atoms with Crippen LogP contribution in [0.4, 0.5) is 5.69 Å². The van der Waals surface area contributed by atoms with Crippen molar-refractivity contribution in [3.63, 3.8) is 0 Å². The molecular weight excluding hydrogens is 382 g/mol. The molecule has 1 N–H and O–H groups in total. The maximum atomic E-state index is 9.80. The van der Waals surface area contributed by atoms with E-state index in [4.69, 9.17) is 4.42 Å². The third kappa shape index (κ3) is 3.71. The number of aromatic nitrogens is 1. The molecule has 4 nitrogen and oxygen atoms in total. The van der Waals surface area contributed by atoms with E-state index in [1.807, 2.05) is 67.6 Å². The van der Waals surface area contributed by atoms with E-state index >= 15 is 0 Å². The number of pyridine rings is 1. The molecule has 2 aromatic heterocycles. The molecule has 0 amide bonds. The number of nitrogens with zero attached hydrogens (tertiary/aromatic N) is 2. The zero-order valence-electron chi connectivity index (χ0n) is 18.2. The molecule has 0 bridgehead atoms. The van der Waals surface area contributed by atoms with E-state index in [0.29, 0.717) is 22.8 Å². The minimum absolute atomic E-state index is 0.370. The van der Waals surface area contributed by atoms with Crippen LogP contribution in [0.2, 0.25) is 0 Å². The van der Waals surface area contributed by atoms with Crippen LogP contribution in [0, 0.1) is 17.2 Å². The van der Waals surface area contributed by atoms with Crippen molar-refractivity contribution in [2.75, 3.05) is 5.32 Å². The number of benzene rings is 2. The molecule has 31 heavy (non-hydrogen) atoms. The molecular formula is C27H25N3O. The molecule has 0 spiro atoms. The minimum Gasteiger partial charge on any atom is -0.453 e. The average molecular weight is 408 g/mol. The third-order valence-corrected chi connectivity index (χ3v) is 5.61. The van der Waals surface area contributed by atoms with Gasteiger partial charge in [-0.2, -0.15) is 5.26 Å². The summed E-state index contributed by atoms with van der Waals surface area (Å²) in [5, 5.41) is 15.3. The lowest BCUT2D eigenvalue weighted by Crippen LogP contribution is -2.05. The van der Waals surface area contributed by atoms with Crippen molar-refractivity contribution in [2.24, 2.45) is 5.92 Å². The van der Waals surface area contributed by atoms with Crippen LogP contribution in [0.25, 0.3) is 33.2 Å². The first-order valence-corrected chi connectivity index (χ1v) is 10.4. The summed E-state index contributed by atoms with van der Waals surface area (Å²) in [5.41, 5.74) is 6.66. The van der Waals surface area contributed by atoms with Crippen LogP contribution in [-0.2, 0) is 0 Å². The van der Waals surface area contributed by atoms with Gasteiger partial charge in [0.1, 0.15) is 17.3 Å². The minimum atomic E-state index is 0.370. The molecule has 0 unspecified atom stereocenters. The number of hydrogen-bond donors (Lipinski definition) is 1. The predicted molar refractivity (Wildman–Crippen MR) is 128 cm³/mol. The molecule has 0 saturated carbocycles. The maximum Gasteiger partial charge on any atom is 0.160 e. The van der Waals surface area contributed by atoms with Crippen LogP contribution in [0.5, 0.6) is 0 Å². The highest BCUT2D eigenvalue weighted by atomic mass is 16.3. The van der Waals surface area contributed by atoms with Crippen LogP contribution in [0.1, 0.15) is 33.3 Å². The highest BCUT2D eigenvalue weighted by molar-refractivity contribution is 6.13. The Bertz CT molecular complexity index is 1350. The highest BCUT2D eigenvalue weighted by Crippen LogP contribution is 2.40. The molecule has 0 aliphatic carbocycles. The van der Waals surface area contributed by atoms with Gasteiger partial charge in [-0.05, 0) is 61.7 Å². The van der Waals surface area contributed by atoms with Gasteiger partial charge in [0.15, 0.2) is 5.58 Å². The second-order valence-corrected chi connectivity index (χ2v) is 7.85. The van der Waals surface area contributed by atoms with Gasteiger partial charge < -0.3 is 9.73 Å². The summed E-state index contributed by atoms with van der Waals surface area (Å²) < 4.78 is 6.43. The Hall–Kier alpha value is -3.84. The molecule has 0 saturated heterocycles. The lowest BCUT2D eigenvalue weighted by Gasteiger charge is -2.15. The Labute approximate surface area is 182 Å². The van der Waals surface area contributed by atoms with E-state index in [1.54, 1.807) is 6.20 Å². The molecule has 2 aromatic carbocycles. The fraction of sp³-hybridized carbons (Fsp3) is 0.185. The smallest absolute Gasteiger partial charge is 0.160 e. The van der Waals surface area contributed by atoms with Gasteiger partial charge in [0.2, 0.25) is 0 Å². The first-order chi connectivity index (χ1) is 15.0. The van der Waals surface area contributed by atoms with Crippen molar-refractivity contribution in [2.45, 2.75) is 27.7 Å². The van der Waals surface area contributed by atoms with Crippen molar-refractivity contribution in [3.05, 3.63) is 83.7 Å². The Morgan fingerprint density at radius 2 is 1.87 bits per heavy atom. The number of fused-ring (bicyclic) bond motifs is 3. The van der Waals surface area contributed by atoms with Crippen molar-refractivity contribution >= 4 is 27.6 Å². The van der Waals surface area contributed by atoms with E-state index in [1.165, 1.54) is 5.57 Å². The fourth-order valence-electron chi connectivity index (χ4n) is 3.69. The molecule has 0 atom stereocenters. The monoisotopic (exact) mass is 407 g/mol. The molecule has 0 aliphatic heterocycles. The number of rotatable bonds is 5. The standard InChI is InChI=1S/C27H25N3O/c1-5-9-23(18(4)17(2)3)30-25-19(16-28)13-14-21-20-10-8-11-22(26(20)31-27(21)25)24-12-6-7-15-29-24/h5-15,17,30H,1-4H3/b9-5-,23-18+. The number of anilines is 1. The molecule has 154 valence electrons. The molecule has 4 aromatic rings. The largest absolute Gasteiger partial charge is 0.453 e.